The van der Waals surface area contributed by atoms with Crippen LogP contribution in [-0.2, 0) is 5.41 Å². The van der Waals surface area contributed by atoms with E-state index in [0.29, 0.717) is 18.1 Å². The summed E-state index contributed by atoms with van der Waals surface area (Å²) < 4.78 is 5.38. The van der Waals surface area contributed by atoms with Crippen LogP contribution in [0.1, 0.15) is 39.0 Å². The van der Waals surface area contributed by atoms with Gasteiger partial charge < -0.3 is 4.74 Å². The summed E-state index contributed by atoms with van der Waals surface area (Å²) in [4.78, 5) is 15.3. The minimum Gasteiger partial charge on any atom is -0.494 e. The van der Waals surface area contributed by atoms with E-state index in [2.05, 4.69) is 25.7 Å². The smallest absolute Gasteiger partial charge is 0.363 e. The first kappa shape index (κ1) is 16.7. The fraction of sp³-hybridized carbons (Fsp3) is 0.375. The van der Waals surface area contributed by atoms with E-state index in [1.165, 1.54) is 0 Å². The number of benzene rings is 1. The van der Waals surface area contributed by atoms with Crippen molar-refractivity contribution in [3.63, 3.8) is 0 Å². The number of hydrogen-bond donors (Lipinski definition) is 2. The Morgan fingerprint density at radius 2 is 2.00 bits per heavy atom. The van der Waals surface area contributed by atoms with E-state index in [1.807, 2.05) is 52.0 Å². The van der Waals surface area contributed by atoms with Gasteiger partial charge in [-0.3, -0.25) is 5.43 Å². The molecule has 0 saturated carbocycles. The summed E-state index contributed by atoms with van der Waals surface area (Å²) in [5.74, 6) is 1.16. The third-order valence-corrected chi connectivity index (χ3v) is 2.99. The zero-order valence-electron chi connectivity index (χ0n) is 13.8. The molecule has 1 heterocycles. The minimum absolute atomic E-state index is 0.270. The molecule has 1 aromatic heterocycles. The molecule has 7 nitrogen and oxygen atoms in total. The Labute approximate surface area is 134 Å². The molecule has 0 amide bonds. The topological polar surface area (TPSA) is 92.3 Å². The molecule has 0 atom stereocenters. The van der Waals surface area contributed by atoms with Crippen LogP contribution in [0.4, 0.5) is 5.82 Å². The lowest BCUT2D eigenvalue weighted by molar-refractivity contribution is 0.340. The molecule has 0 saturated heterocycles. The second kappa shape index (κ2) is 7.04. The van der Waals surface area contributed by atoms with Crippen LogP contribution in [0.3, 0.4) is 0 Å². The minimum atomic E-state index is -0.517. The maximum Gasteiger partial charge on any atom is 0.363 e. The third-order valence-electron chi connectivity index (χ3n) is 2.99. The Balaban J connectivity index is 2.14. The van der Waals surface area contributed by atoms with Gasteiger partial charge in [0.25, 0.3) is 0 Å². The predicted octanol–water partition coefficient (Wildman–Crippen LogP) is 2.31. The van der Waals surface area contributed by atoms with E-state index in [9.17, 15) is 4.79 Å². The van der Waals surface area contributed by atoms with Gasteiger partial charge in [-0.2, -0.15) is 15.2 Å². The number of aromatic nitrogens is 3. The van der Waals surface area contributed by atoms with Crippen LogP contribution in [0, 0.1) is 0 Å². The van der Waals surface area contributed by atoms with Crippen LogP contribution in [-0.4, -0.2) is 28.0 Å². The molecule has 0 unspecified atom stereocenters. The maximum atomic E-state index is 11.4. The summed E-state index contributed by atoms with van der Waals surface area (Å²) in [5.41, 5.74) is 3.55. The van der Waals surface area contributed by atoms with Crippen LogP contribution in [0.15, 0.2) is 34.2 Å². The van der Waals surface area contributed by atoms with Gasteiger partial charge in [-0.1, -0.05) is 20.8 Å². The Kier molecular flexibility index (Phi) is 5.10. The van der Waals surface area contributed by atoms with E-state index >= 15 is 0 Å². The molecule has 7 heteroatoms. The maximum absolute atomic E-state index is 11.4. The number of aromatic amines is 1. The van der Waals surface area contributed by atoms with Gasteiger partial charge in [0.2, 0.25) is 0 Å². The molecule has 0 aliphatic rings. The highest BCUT2D eigenvalue weighted by Crippen LogP contribution is 2.24. The number of ether oxygens (including phenoxy) is 1. The van der Waals surface area contributed by atoms with Crippen molar-refractivity contribution in [1.82, 2.24) is 15.2 Å². The lowest BCUT2D eigenvalue weighted by Gasteiger charge is -2.18. The van der Waals surface area contributed by atoms with E-state index in [0.717, 1.165) is 11.3 Å². The Morgan fingerprint density at radius 1 is 1.30 bits per heavy atom. The lowest BCUT2D eigenvalue weighted by Crippen LogP contribution is -2.24. The highest BCUT2D eigenvalue weighted by Gasteiger charge is 2.21. The van der Waals surface area contributed by atoms with Crippen molar-refractivity contribution in [3.8, 4) is 5.75 Å². The summed E-state index contributed by atoms with van der Waals surface area (Å²) in [7, 11) is 0. The van der Waals surface area contributed by atoms with Crippen molar-refractivity contribution < 1.29 is 4.74 Å². The fourth-order valence-corrected chi connectivity index (χ4v) is 1.92. The van der Waals surface area contributed by atoms with Gasteiger partial charge in [0.15, 0.2) is 5.82 Å². The number of nitrogens with one attached hydrogen (secondary N) is 2. The molecule has 0 radical (unpaired) electrons. The Morgan fingerprint density at radius 3 is 2.61 bits per heavy atom. The van der Waals surface area contributed by atoms with Crippen molar-refractivity contribution >= 4 is 12.0 Å². The second-order valence-electron chi connectivity index (χ2n) is 5.96. The highest BCUT2D eigenvalue weighted by molar-refractivity contribution is 5.80. The number of rotatable bonds is 5. The molecule has 0 fully saturated rings. The largest absolute Gasteiger partial charge is 0.494 e. The first-order valence-corrected chi connectivity index (χ1v) is 7.39. The first-order valence-electron chi connectivity index (χ1n) is 7.39. The number of H-pyrrole nitrogens is 1. The number of hydrogen-bond acceptors (Lipinski definition) is 6. The monoisotopic (exact) mass is 315 g/mol. The molecule has 0 aliphatic heterocycles. The number of anilines is 1. The molecular weight excluding hydrogens is 294 g/mol. The average molecular weight is 315 g/mol. The van der Waals surface area contributed by atoms with E-state index in [-0.39, 0.29) is 5.41 Å². The number of hydrazone groups is 1. The van der Waals surface area contributed by atoms with Crippen molar-refractivity contribution in [3.05, 3.63) is 46.0 Å². The predicted molar refractivity (Wildman–Crippen MR) is 90.2 cm³/mol. The summed E-state index contributed by atoms with van der Waals surface area (Å²) >= 11 is 0. The normalized spacial score (nSPS) is 11.7. The van der Waals surface area contributed by atoms with Gasteiger partial charge in [-0.15, -0.1) is 0 Å². The average Bonchev–Trinajstić information content (AvgIpc) is 2.48. The molecule has 122 valence electrons. The van der Waals surface area contributed by atoms with Gasteiger partial charge >= 0.3 is 5.69 Å². The fourth-order valence-electron chi connectivity index (χ4n) is 1.92. The van der Waals surface area contributed by atoms with Gasteiger partial charge in [0.05, 0.1) is 12.8 Å². The quantitative estimate of drug-likeness (QED) is 0.652. The van der Waals surface area contributed by atoms with E-state index < -0.39 is 5.69 Å². The van der Waals surface area contributed by atoms with Crippen LogP contribution in [0.5, 0.6) is 5.75 Å². The number of nitrogens with zero attached hydrogens (tertiary/aromatic N) is 3. The van der Waals surface area contributed by atoms with Crippen molar-refractivity contribution in [2.45, 2.75) is 33.1 Å². The van der Waals surface area contributed by atoms with E-state index in [1.54, 1.807) is 6.21 Å². The van der Waals surface area contributed by atoms with Crippen LogP contribution >= 0.6 is 0 Å². The van der Waals surface area contributed by atoms with E-state index in [4.69, 9.17) is 4.74 Å². The van der Waals surface area contributed by atoms with Crippen molar-refractivity contribution in [2.24, 2.45) is 5.10 Å². The molecule has 23 heavy (non-hydrogen) atoms. The lowest BCUT2D eigenvalue weighted by atomic mass is 9.92. The molecule has 2 aromatic rings. The highest BCUT2D eigenvalue weighted by atomic mass is 16.5. The molecule has 0 spiro atoms. The summed E-state index contributed by atoms with van der Waals surface area (Å²) in [6, 6.07) is 7.53. The Bertz CT molecular complexity index is 729. The Hall–Kier alpha value is -2.70. The summed E-state index contributed by atoms with van der Waals surface area (Å²) in [6.07, 6.45) is 1.64. The summed E-state index contributed by atoms with van der Waals surface area (Å²) in [5, 5.41) is 10.5. The third kappa shape index (κ3) is 4.64. The van der Waals surface area contributed by atoms with Gasteiger partial charge in [-0.25, -0.2) is 9.89 Å². The van der Waals surface area contributed by atoms with Crippen LogP contribution < -0.4 is 15.9 Å². The second-order valence-corrected chi connectivity index (χ2v) is 5.96. The molecule has 1 aromatic carbocycles. The SMILES string of the molecule is CCOc1ccc(/C=N/Nc2nc(=O)[nH]nc2C(C)(C)C)cc1. The molecule has 0 aliphatic carbocycles. The summed E-state index contributed by atoms with van der Waals surface area (Å²) in [6.45, 7) is 8.52. The first-order chi connectivity index (χ1) is 10.9. The van der Waals surface area contributed by atoms with Crippen LogP contribution in [0.25, 0.3) is 0 Å². The molecular formula is C16H21N5O2. The van der Waals surface area contributed by atoms with Crippen molar-refractivity contribution in [2.75, 3.05) is 12.0 Å². The van der Waals surface area contributed by atoms with Gasteiger partial charge in [0, 0.05) is 5.41 Å². The van der Waals surface area contributed by atoms with Crippen molar-refractivity contribution in [1.29, 1.82) is 0 Å². The zero-order valence-corrected chi connectivity index (χ0v) is 13.8. The van der Waals surface area contributed by atoms with Crippen LogP contribution in [0.2, 0.25) is 0 Å². The molecule has 2 rings (SSSR count). The van der Waals surface area contributed by atoms with Gasteiger partial charge in [0.1, 0.15) is 11.4 Å². The molecule has 0 bridgehead atoms. The van der Waals surface area contributed by atoms with Gasteiger partial charge in [-0.05, 0) is 36.8 Å². The molecule has 2 N–H and O–H groups in total. The zero-order chi connectivity index (χ0) is 16.9. The standard InChI is InChI=1S/C16H21N5O2/c1-5-23-12-8-6-11(7-9-12)10-17-20-14-13(16(2,3)4)19-21-15(22)18-14/h6-10H,5H2,1-4H3,(H2,18,20,21,22)/b17-10+.